The molecule has 1 aromatic carbocycles. The molecule has 102 valence electrons. The number of rotatable bonds is 5. The molecule has 0 fully saturated rings. The fourth-order valence-corrected chi connectivity index (χ4v) is 1.55. The van der Waals surface area contributed by atoms with Gasteiger partial charge < -0.3 is 15.4 Å². The molecule has 0 aliphatic rings. The van der Waals surface area contributed by atoms with Gasteiger partial charge in [-0.2, -0.15) is 0 Å². The van der Waals surface area contributed by atoms with Crippen LogP contribution in [-0.4, -0.2) is 37.5 Å². The summed E-state index contributed by atoms with van der Waals surface area (Å²) >= 11 is 0. The van der Waals surface area contributed by atoms with Gasteiger partial charge in [-0.25, -0.2) is 4.79 Å². The van der Waals surface area contributed by atoms with Gasteiger partial charge in [0.2, 0.25) is 5.91 Å². The topological polar surface area (TPSA) is 116 Å². The van der Waals surface area contributed by atoms with Gasteiger partial charge >= 0.3 is 5.97 Å². The molecule has 0 aliphatic heterocycles. The zero-order chi connectivity index (χ0) is 14.6. The van der Waals surface area contributed by atoms with Crippen LogP contribution in [-0.2, 0) is 9.53 Å². The van der Waals surface area contributed by atoms with E-state index in [1.165, 1.54) is 37.3 Å². The van der Waals surface area contributed by atoms with Crippen LogP contribution in [0.15, 0.2) is 18.2 Å². The van der Waals surface area contributed by atoms with Gasteiger partial charge in [-0.05, 0) is 12.1 Å². The Hall–Kier alpha value is -2.64. The lowest BCUT2D eigenvalue weighted by Crippen LogP contribution is -2.31. The lowest BCUT2D eigenvalue weighted by atomic mass is 10.1. The zero-order valence-corrected chi connectivity index (χ0v) is 10.5. The Morgan fingerprint density at radius 1 is 1.47 bits per heavy atom. The largest absolute Gasteiger partial charge is 0.465 e. The smallest absolute Gasteiger partial charge is 0.337 e. The van der Waals surface area contributed by atoms with Crippen molar-refractivity contribution in [1.82, 2.24) is 0 Å². The quantitative estimate of drug-likeness (QED) is 0.466. The number of nitrogens with zero attached hydrogens (tertiary/aromatic N) is 2. The van der Waals surface area contributed by atoms with Gasteiger partial charge in [0.25, 0.3) is 5.69 Å². The Morgan fingerprint density at radius 3 is 2.58 bits per heavy atom. The third kappa shape index (κ3) is 3.41. The fourth-order valence-electron chi connectivity index (χ4n) is 1.55. The summed E-state index contributed by atoms with van der Waals surface area (Å²) in [6.45, 7) is -0.203. The summed E-state index contributed by atoms with van der Waals surface area (Å²) in [5.74, 6) is -1.26. The molecule has 19 heavy (non-hydrogen) atoms. The van der Waals surface area contributed by atoms with E-state index in [-0.39, 0.29) is 23.5 Å². The molecular formula is C11H13N3O5. The summed E-state index contributed by atoms with van der Waals surface area (Å²) in [5.41, 5.74) is 5.08. The second kappa shape index (κ2) is 5.80. The van der Waals surface area contributed by atoms with Gasteiger partial charge in [0.15, 0.2) is 0 Å². The molecule has 0 spiro atoms. The molecule has 0 saturated carbocycles. The predicted molar refractivity (Wildman–Crippen MR) is 66.9 cm³/mol. The molecule has 0 heterocycles. The number of methoxy groups -OCH3 is 1. The number of amides is 1. The van der Waals surface area contributed by atoms with E-state index in [0.29, 0.717) is 0 Å². The highest BCUT2D eigenvalue weighted by atomic mass is 16.6. The van der Waals surface area contributed by atoms with Gasteiger partial charge in [0, 0.05) is 13.1 Å². The van der Waals surface area contributed by atoms with Crippen LogP contribution in [0.25, 0.3) is 0 Å². The summed E-state index contributed by atoms with van der Waals surface area (Å²) < 4.78 is 4.53. The molecule has 0 atom stereocenters. The monoisotopic (exact) mass is 267 g/mol. The van der Waals surface area contributed by atoms with Crippen LogP contribution in [0.3, 0.4) is 0 Å². The van der Waals surface area contributed by atoms with E-state index in [1.807, 2.05) is 0 Å². The molecule has 0 unspecified atom stereocenters. The van der Waals surface area contributed by atoms with Crippen molar-refractivity contribution in [2.45, 2.75) is 0 Å². The average molecular weight is 267 g/mol. The molecule has 0 saturated heterocycles. The molecule has 1 aromatic rings. The van der Waals surface area contributed by atoms with E-state index < -0.39 is 16.8 Å². The minimum atomic E-state index is -0.639. The molecule has 8 nitrogen and oxygen atoms in total. The number of ether oxygens (including phenoxy) is 1. The highest BCUT2D eigenvalue weighted by molar-refractivity contribution is 5.92. The number of primary amides is 1. The molecule has 0 aliphatic carbocycles. The predicted octanol–water partition coefficient (Wildman–Crippen LogP) is 0.303. The van der Waals surface area contributed by atoms with E-state index >= 15 is 0 Å². The Bertz CT molecular complexity index is 529. The summed E-state index contributed by atoms with van der Waals surface area (Å²) in [7, 11) is 2.67. The second-order valence-corrected chi connectivity index (χ2v) is 3.77. The summed E-state index contributed by atoms with van der Waals surface area (Å²) in [6.07, 6.45) is 0. The van der Waals surface area contributed by atoms with Crippen LogP contribution in [0.2, 0.25) is 0 Å². The number of benzene rings is 1. The molecular weight excluding hydrogens is 254 g/mol. The highest BCUT2D eigenvalue weighted by Gasteiger charge is 2.20. The van der Waals surface area contributed by atoms with Crippen molar-refractivity contribution in [3.8, 4) is 0 Å². The molecule has 0 radical (unpaired) electrons. The second-order valence-electron chi connectivity index (χ2n) is 3.77. The van der Waals surface area contributed by atoms with Gasteiger partial charge in [-0.15, -0.1) is 0 Å². The van der Waals surface area contributed by atoms with Gasteiger partial charge in [0.1, 0.15) is 5.69 Å². The van der Waals surface area contributed by atoms with E-state index in [0.717, 1.165) is 0 Å². The normalized spacial score (nSPS) is 9.79. The number of carbonyl (C=O) groups excluding carboxylic acids is 2. The van der Waals surface area contributed by atoms with E-state index in [4.69, 9.17) is 5.73 Å². The molecule has 8 heteroatoms. The van der Waals surface area contributed by atoms with E-state index in [2.05, 4.69) is 4.74 Å². The first kappa shape index (κ1) is 14.4. The van der Waals surface area contributed by atoms with Gasteiger partial charge in [0.05, 0.1) is 24.1 Å². The molecule has 1 rings (SSSR count). The third-order valence-electron chi connectivity index (χ3n) is 2.40. The zero-order valence-electron chi connectivity index (χ0n) is 10.5. The number of esters is 1. The molecule has 1 amide bonds. The third-order valence-corrected chi connectivity index (χ3v) is 2.40. The number of carbonyl (C=O) groups is 2. The number of nitro groups is 1. The summed E-state index contributed by atoms with van der Waals surface area (Å²) in [4.78, 5) is 33.9. The first-order valence-electron chi connectivity index (χ1n) is 5.23. The maximum atomic E-state index is 11.4. The van der Waals surface area contributed by atoms with Gasteiger partial charge in [-0.1, -0.05) is 0 Å². The number of hydrogen-bond acceptors (Lipinski definition) is 6. The van der Waals surface area contributed by atoms with Gasteiger partial charge in [-0.3, -0.25) is 14.9 Å². The van der Waals surface area contributed by atoms with Crippen LogP contribution in [0.1, 0.15) is 10.4 Å². The number of nitrogens with two attached hydrogens (primary N) is 1. The Balaban J connectivity index is 3.26. The standard InChI is InChI=1S/C11H13N3O5/c1-13(6-10(12)15)9-5-7(11(16)19-2)3-4-8(9)14(17)18/h3-5H,6H2,1-2H3,(H2,12,15). The number of likely N-dealkylation sites (N-methyl/N-ethyl adjacent to an activating group) is 1. The molecule has 0 aromatic heterocycles. The van der Waals surface area contributed by atoms with Crippen LogP contribution >= 0.6 is 0 Å². The lowest BCUT2D eigenvalue weighted by molar-refractivity contribution is -0.384. The molecule has 2 N–H and O–H groups in total. The first-order chi connectivity index (χ1) is 8.86. The van der Waals surface area contributed by atoms with E-state index in [9.17, 15) is 19.7 Å². The average Bonchev–Trinajstić information content (AvgIpc) is 2.36. The minimum Gasteiger partial charge on any atom is -0.465 e. The van der Waals surface area contributed by atoms with Crippen molar-refractivity contribution < 1.29 is 19.2 Å². The van der Waals surface area contributed by atoms with Crippen LogP contribution in [0.5, 0.6) is 0 Å². The van der Waals surface area contributed by atoms with E-state index in [1.54, 1.807) is 0 Å². The maximum Gasteiger partial charge on any atom is 0.337 e. The van der Waals surface area contributed by atoms with Crippen molar-refractivity contribution in [2.75, 3.05) is 25.6 Å². The van der Waals surface area contributed by atoms with Crippen molar-refractivity contribution in [3.05, 3.63) is 33.9 Å². The van der Waals surface area contributed by atoms with Crippen LogP contribution < -0.4 is 10.6 Å². The van der Waals surface area contributed by atoms with Crippen LogP contribution in [0.4, 0.5) is 11.4 Å². The first-order valence-corrected chi connectivity index (χ1v) is 5.23. The fraction of sp³-hybridized carbons (Fsp3) is 0.273. The van der Waals surface area contributed by atoms with Crippen molar-refractivity contribution in [1.29, 1.82) is 0 Å². The Labute approximate surface area is 108 Å². The van der Waals surface area contributed by atoms with Crippen LogP contribution in [0, 0.1) is 10.1 Å². The lowest BCUT2D eigenvalue weighted by Gasteiger charge is -2.17. The Kier molecular flexibility index (Phi) is 4.41. The minimum absolute atomic E-state index is 0.117. The molecule has 0 bridgehead atoms. The highest BCUT2D eigenvalue weighted by Crippen LogP contribution is 2.28. The van der Waals surface area contributed by atoms with Crippen molar-refractivity contribution in [3.63, 3.8) is 0 Å². The van der Waals surface area contributed by atoms with Crippen molar-refractivity contribution >= 4 is 23.3 Å². The number of hydrogen-bond donors (Lipinski definition) is 1. The SMILES string of the molecule is COC(=O)c1ccc([N+](=O)[O-])c(N(C)CC(N)=O)c1. The maximum absolute atomic E-state index is 11.4. The Morgan fingerprint density at radius 2 is 2.11 bits per heavy atom. The number of nitro benzene ring substituents is 1. The summed E-state index contributed by atoms with van der Waals surface area (Å²) in [6, 6.07) is 3.75. The number of anilines is 1. The summed E-state index contributed by atoms with van der Waals surface area (Å²) in [5, 5.41) is 10.9. The van der Waals surface area contributed by atoms with Crippen molar-refractivity contribution in [2.24, 2.45) is 5.73 Å².